The van der Waals surface area contributed by atoms with E-state index in [1.165, 1.54) is 25.7 Å². The van der Waals surface area contributed by atoms with Gasteiger partial charge in [-0.15, -0.1) is 0 Å². The van der Waals surface area contributed by atoms with Gasteiger partial charge in [-0.1, -0.05) is 33.6 Å². The molecule has 0 radical (unpaired) electrons. The number of rotatable bonds is 9. The van der Waals surface area contributed by atoms with E-state index in [0.717, 1.165) is 24.3 Å². The molecule has 1 atom stereocenters. The van der Waals surface area contributed by atoms with Crippen LogP contribution in [-0.4, -0.2) is 11.6 Å². The average molecular weight is 264 g/mol. The van der Waals surface area contributed by atoms with E-state index in [4.69, 9.17) is 10.5 Å². The van der Waals surface area contributed by atoms with Crippen molar-refractivity contribution in [1.82, 2.24) is 4.98 Å². The first-order valence-electron chi connectivity index (χ1n) is 7.56. The fourth-order valence-corrected chi connectivity index (χ4v) is 2.43. The first-order chi connectivity index (χ1) is 9.22. The Balaban J connectivity index is 2.75. The number of aromatic nitrogens is 1. The standard InChI is InChI=1S/C16H28N2O/c1-4-7-13(8-5-2)16(17)14-10-15(12-18-11-14)19-9-6-3/h10-13,16H,4-9,17H2,1-3H3. The zero-order valence-corrected chi connectivity index (χ0v) is 12.6. The van der Waals surface area contributed by atoms with E-state index >= 15 is 0 Å². The van der Waals surface area contributed by atoms with Gasteiger partial charge in [-0.25, -0.2) is 0 Å². The predicted octanol–water partition coefficient (Wildman–Crippen LogP) is 4.09. The molecule has 0 aliphatic heterocycles. The highest BCUT2D eigenvalue weighted by Gasteiger charge is 2.18. The van der Waals surface area contributed by atoms with Gasteiger partial charge in [0.2, 0.25) is 0 Å². The van der Waals surface area contributed by atoms with Crippen molar-refractivity contribution in [2.45, 2.75) is 58.9 Å². The zero-order chi connectivity index (χ0) is 14.1. The number of nitrogens with two attached hydrogens (primary N) is 1. The molecule has 0 bridgehead atoms. The van der Waals surface area contributed by atoms with Crippen LogP contribution >= 0.6 is 0 Å². The van der Waals surface area contributed by atoms with Gasteiger partial charge >= 0.3 is 0 Å². The van der Waals surface area contributed by atoms with Crippen LogP contribution < -0.4 is 10.5 Å². The molecule has 108 valence electrons. The summed E-state index contributed by atoms with van der Waals surface area (Å²) in [5, 5.41) is 0. The molecule has 0 saturated carbocycles. The third-order valence-corrected chi connectivity index (χ3v) is 3.42. The van der Waals surface area contributed by atoms with Crippen molar-refractivity contribution >= 4 is 0 Å². The van der Waals surface area contributed by atoms with Gasteiger partial charge in [0, 0.05) is 12.2 Å². The van der Waals surface area contributed by atoms with Crippen molar-refractivity contribution in [1.29, 1.82) is 0 Å². The Morgan fingerprint density at radius 1 is 1.11 bits per heavy atom. The number of hydrogen-bond acceptors (Lipinski definition) is 3. The van der Waals surface area contributed by atoms with Gasteiger partial charge in [0.15, 0.2) is 0 Å². The summed E-state index contributed by atoms with van der Waals surface area (Å²) in [5.74, 6) is 1.37. The van der Waals surface area contributed by atoms with Gasteiger partial charge in [0.05, 0.1) is 12.8 Å². The predicted molar refractivity (Wildman–Crippen MR) is 80.3 cm³/mol. The van der Waals surface area contributed by atoms with Crippen LogP contribution in [0.4, 0.5) is 0 Å². The summed E-state index contributed by atoms with van der Waals surface area (Å²) in [6.45, 7) is 7.26. The largest absolute Gasteiger partial charge is 0.492 e. The zero-order valence-electron chi connectivity index (χ0n) is 12.6. The molecule has 0 aromatic carbocycles. The molecule has 1 heterocycles. The minimum absolute atomic E-state index is 0.0672. The maximum Gasteiger partial charge on any atom is 0.137 e. The van der Waals surface area contributed by atoms with Crippen LogP contribution in [-0.2, 0) is 0 Å². The highest BCUT2D eigenvalue weighted by molar-refractivity contribution is 5.26. The van der Waals surface area contributed by atoms with Crippen LogP contribution in [0.25, 0.3) is 0 Å². The fraction of sp³-hybridized carbons (Fsp3) is 0.688. The lowest BCUT2D eigenvalue weighted by atomic mass is 9.87. The summed E-state index contributed by atoms with van der Waals surface area (Å²) in [4.78, 5) is 4.26. The van der Waals surface area contributed by atoms with E-state index < -0.39 is 0 Å². The first-order valence-corrected chi connectivity index (χ1v) is 7.56. The Bertz CT molecular complexity index is 348. The van der Waals surface area contributed by atoms with E-state index in [0.29, 0.717) is 5.92 Å². The van der Waals surface area contributed by atoms with E-state index in [9.17, 15) is 0 Å². The van der Waals surface area contributed by atoms with Crippen LogP contribution in [0.5, 0.6) is 5.75 Å². The van der Waals surface area contributed by atoms with E-state index in [-0.39, 0.29) is 6.04 Å². The topological polar surface area (TPSA) is 48.1 Å². The van der Waals surface area contributed by atoms with Gasteiger partial charge in [-0.2, -0.15) is 0 Å². The molecular weight excluding hydrogens is 236 g/mol. The van der Waals surface area contributed by atoms with Crippen LogP contribution in [0.1, 0.15) is 64.5 Å². The van der Waals surface area contributed by atoms with E-state index in [2.05, 4.69) is 25.8 Å². The Kier molecular flexibility index (Phi) is 7.49. The van der Waals surface area contributed by atoms with E-state index in [1.54, 1.807) is 6.20 Å². The molecule has 0 aliphatic carbocycles. The molecule has 0 fully saturated rings. The highest BCUT2D eigenvalue weighted by Crippen LogP contribution is 2.28. The minimum atomic E-state index is 0.0672. The maximum atomic E-state index is 6.41. The number of nitrogens with zero attached hydrogens (tertiary/aromatic N) is 1. The van der Waals surface area contributed by atoms with Gasteiger partial charge in [-0.3, -0.25) is 4.98 Å². The summed E-state index contributed by atoms with van der Waals surface area (Å²) in [7, 11) is 0. The molecule has 1 rings (SSSR count). The summed E-state index contributed by atoms with van der Waals surface area (Å²) in [5.41, 5.74) is 7.51. The molecule has 0 aliphatic rings. The average Bonchev–Trinajstić information content (AvgIpc) is 2.44. The quantitative estimate of drug-likeness (QED) is 0.731. The second kappa shape index (κ2) is 8.92. The molecule has 0 amide bonds. The van der Waals surface area contributed by atoms with Gasteiger partial charge in [0.25, 0.3) is 0 Å². The normalized spacial score (nSPS) is 12.7. The van der Waals surface area contributed by atoms with Crippen molar-refractivity contribution in [2.24, 2.45) is 11.7 Å². The van der Waals surface area contributed by atoms with Gasteiger partial charge in [-0.05, 0) is 36.8 Å². The van der Waals surface area contributed by atoms with E-state index in [1.807, 2.05) is 12.3 Å². The number of hydrogen-bond donors (Lipinski definition) is 1. The Morgan fingerprint density at radius 2 is 1.79 bits per heavy atom. The molecule has 0 spiro atoms. The summed E-state index contributed by atoms with van der Waals surface area (Å²) in [6, 6.07) is 2.11. The van der Waals surface area contributed by atoms with Crippen molar-refractivity contribution < 1.29 is 4.74 Å². The molecular formula is C16H28N2O. The molecule has 2 N–H and O–H groups in total. The van der Waals surface area contributed by atoms with Gasteiger partial charge in [0.1, 0.15) is 5.75 Å². The van der Waals surface area contributed by atoms with Crippen LogP contribution in [0, 0.1) is 5.92 Å². The molecule has 3 heteroatoms. The fourth-order valence-electron chi connectivity index (χ4n) is 2.43. The smallest absolute Gasteiger partial charge is 0.137 e. The Morgan fingerprint density at radius 3 is 2.37 bits per heavy atom. The lowest BCUT2D eigenvalue weighted by Crippen LogP contribution is -2.21. The lowest BCUT2D eigenvalue weighted by molar-refractivity contribution is 0.314. The monoisotopic (exact) mass is 264 g/mol. The molecule has 3 nitrogen and oxygen atoms in total. The lowest BCUT2D eigenvalue weighted by Gasteiger charge is -2.23. The Hall–Kier alpha value is -1.09. The molecule has 1 aromatic rings. The maximum absolute atomic E-state index is 6.41. The highest BCUT2D eigenvalue weighted by atomic mass is 16.5. The molecule has 1 aromatic heterocycles. The molecule has 0 saturated heterocycles. The molecule has 19 heavy (non-hydrogen) atoms. The van der Waals surface area contributed by atoms with Crippen LogP contribution in [0.2, 0.25) is 0 Å². The first kappa shape index (κ1) is 16.0. The van der Waals surface area contributed by atoms with Crippen molar-refractivity contribution in [3.05, 3.63) is 24.0 Å². The molecule has 1 unspecified atom stereocenters. The van der Waals surface area contributed by atoms with Crippen LogP contribution in [0.3, 0.4) is 0 Å². The summed E-state index contributed by atoms with van der Waals surface area (Å²) < 4.78 is 5.63. The second-order valence-electron chi connectivity index (χ2n) is 5.17. The van der Waals surface area contributed by atoms with Crippen molar-refractivity contribution in [3.8, 4) is 5.75 Å². The summed E-state index contributed by atoms with van der Waals surface area (Å²) in [6.07, 6.45) is 9.35. The SMILES string of the molecule is CCCOc1cncc(C(N)C(CCC)CCC)c1. The third-order valence-electron chi connectivity index (χ3n) is 3.42. The number of pyridine rings is 1. The van der Waals surface area contributed by atoms with Crippen LogP contribution in [0.15, 0.2) is 18.5 Å². The van der Waals surface area contributed by atoms with Crippen molar-refractivity contribution in [3.63, 3.8) is 0 Å². The van der Waals surface area contributed by atoms with Crippen molar-refractivity contribution in [2.75, 3.05) is 6.61 Å². The Labute approximate surface area is 117 Å². The number of ether oxygens (including phenoxy) is 1. The second-order valence-corrected chi connectivity index (χ2v) is 5.17. The third kappa shape index (κ3) is 5.19. The summed E-state index contributed by atoms with van der Waals surface area (Å²) >= 11 is 0. The van der Waals surface area contributed by atoms with Gasteiger partial charge < -0.3 is 10.5 Å². The minimum Gasteiger partial charge on any atom is -0.492 e.